The van der Waals surface area contributed by atoms with Crippen LogP contribution in [0.5, 0.6) is 0 Å². The van der Waals surface area contributed by atoms with Crippen molar-refractivity contribution in [3.05, 3.63) is 22.4 Å². The minimum absolute atomic E-state index is 0.0397. The minimum atomic E-state index is -0.0397. The van der Waals surface area contributed by atoms with Gasteiger partial charge in [0.2, 0.25) is 0 Å². The molecule has 1 rings (SSSR count). The van der Waals surface area contributed by atoms with E-state index in [9.17, 15) is 4.79 Å². The van der Waals surface area contributed by atoms with Crippen LogP contribution in [0.3, 0.4) is 0 Å². The summed E-state index contributed by atoms with van der Waals surface area (Å²) in [4.78, 5) is 14.3. The van der Waals surface area contributed by atoms with Crippen LogP contribution in [-0.4, -0.2) is 25.0 Å². The topological polar surface area (TPSA) is 32.3 Å². The third-order valence-corrected chi connectivity index (χ3v) is 3.16. The number of thiophene rings is 1. The van der Waals surface area contributed by atoms with E-state index in [1.54, 1.807) is 30.3 Å². The maximum atomic E-state index is 11.6. The Hall–Kier alpha value is -1.03. The summed E-state index contributed by atoms with van der Waals surface area (Å²) in [6.07, 6.45) is 0. The van der Waals surface area contributed by atoms with Gasteiger partial charge in [-0.3, -0.25) is 0 Å². The van der Waals surface area contributed by atoms with Gasteiger partial charge in [0.15, 0.2) is 0 Å². The van der Waals surface area contributed by atoms with Gasteiger partial charge < -0.3 is 10.2 Å². The van der Waals surface area contributed by atoms with Gasteiger partial charge in [-0.1, -0.05) is 19.9 Å². The number of rotatable bonds is 3. The number of urea groups is 1. The van der Waals surface area contributed by atoms with E-state index in [2.05, 4.69) is 25.2 Å². The monoisotopic (exact) mass is 226 g/mol. The lowest BCUT2D eigenvalue weighted by molar-refractivity contribution is 0.209. The van der Waals surface area contributed by atoms with E-state index >= 15 is 0 Å². The molecule has 2 amide bonds. The summed E-state index contributed by atoms with van der Waals surface area (Å²) in [5.41, 5.74) is 0. The van der Waals surface area contributed by atoms with Crippen LogP contribution in [0.2, 0.25) is 0 Å². The molecule has 4 heteroatoms. The van der Waals surface area contributed by atoms with Crippen LogP contribution in [-0.2, 0) is 0 Å². The Morgan fingerprint density at radius 2 is 2.13 bits per heavy atom. The van der Waals surface area contributed by atoms with Crippen molar-refractivity contribution in [1.82, 2.24) is 10.2 Å². The normalized spacial score (nSPS) is 12.6. The summed E-state index contributed by atoms with van der Waals surface area (Å²) in [5, 5.41) is 5.05. The molecule has 1 aromatic rings. The summed E-state index contributed by atoms with van der Waals surface area (Å²) in [6.45, 7) is 4.22. The Labute approximate surface area is 95.1 Å². The van der Waals surface area contributed by atoms with Crippen molar-refractivity contribution >= 4 is 17.4 Å². The highest BCUT2D eigenvalue weighted by molar-refractivity contribution is 7.10. The van der Waals surface area contributed by atoms with Gasteiger partial charge in [-0.05, 0) is 17.4 Å². The molecule has 0 aromatic carbocycles. The molecule has 1 unspecified atom stereocenters. The number of hydrogen-bond acceptors (Lipinski definition) is 2. The predicted molar refractivity (Wildman–Crippen MR) is 64.1 cm³/mol. The lowest BCUT2D eigenvalue weighted by Crippen LogP contribution is -2.38. The van der Waals surface area contributed by atoms with Gasteiger partial charge >= 0.3 is 6.03 Å². The molecule has 0 aliphatic heterocycles. The van der Waals surface area contributed by atoms with Gasteiger partial charge in [0.05, 0.1) is 6.04 Å². The summed E-state index contributed by atoms with van der Waals surface area (Å²) in [6, 6.07) is 4.14. The molecule has 0 saturated carbocycles. The summed E-state index contributed by atoms with van der Waals surface area (Å²) in [5.74, 6) is 0.396. The van der Waals surface area contributed by atoms with Crippen molar-refractivity contribution < 1.29 is 4.79 Å². The minimum Gasteiger partial charge on any atom is -0.331 e. The quantitative estimate of drug-likeness (QED) is 0.844. The van der Waals surface area contributed by atoms with Crippen LogP contribution in [0.4, 0.5) is 4.79 Å². The standard InChI is InChI=1S/C11H18N2OS/c1-8(2)10(9-6-5-7-15-9)12-11(14)13(3)4/h5-8,10H,1-4H3,(H,12,14). The van der Waals surface area contributed by atoms with E-state index in [4.69, 9.17) is 0 Å². The molecule has 0 saturated heterocycles. The Morgan fingerprint density at radius 3 is 2.53 bits per heavy atom. The zero-order chi connectivity index (χ0) is 11.4. The molecular formula is C11H18N2OS. The van der Waals surface area contributed by atoms with Crippen LogP contribution in [0.15, 0.2) is 17.5 Å². The summed E-state index contributed by atoms with van der Waals surface area (Å²) >= 11 is 1.68. The Bertz CT molecular complexity index is 306. The van der Waals surface area contributed by atoms with E-state index < -0.39 is 0 Å². The van der Waals surface area contributed by atoms with Crippen molar-refractivity contribution in [3.63, 3.8) is 0 Å². The maximum absolute atomic E-state index is 11.6. The second kappa shape index (κ2) is 5.16. The van der Waals surface area contributed by atoms with E-state index in [0.717, 1.165) is 0 Å². The third-order valence-electron chi connectivity index (χ3n) is 2.20. The van der Waals surface area contributed by atoms with Crippen molar-refractivity contribution in [1.29, 1.82) is 0 Å². The fourth-order valence-electron chi connectivity index (χ4n) is 1.30. The maximum Gasteiger partial charge on any atom is 0.317 e. The molecule has 1 heterocycles. The molecular weight excluding hydrogens is 208 g/mol. The van der Waals surface area contributed by atoms with Gasteiger partial charge in [-0.2, -0.15) is 0 Å². The Kier molecular flexibility index (Phi) is 4.15. The first-order chi connectivity index (χ1) is 7.02. The molecule has 1 aromatic heterocycles. The van der Waals surface area contributed by atoms with Crippen LogP contribution in [0.1, 0.15) is 24.8 Å². The van der Waals surface area contributed by atoms with Crippen LogP contribution >= 0.6 is 11.3 Å². The first-order valence-corrected chi connectivity index (χ1v) is 5.91. The molecule has 0 spiro atoms. The van der Waals surface area contributed by atoms with Crippen LogP contribution in [0, 0.1) is 5.92 Å². The van der Waals surface area contributed by atoms with Crippen molar-refractivity contribution in [2.45, 2.75) is 19.9 Å². The second-order valence-corrected chi connectivity index (χ2v) is 5.06. The Morgan fingerprint density at radius 1 is 1.47 bits per heavy atom. The molecule has 0 bridgehead atoms. The molecule has 0 radical (unpaired) electrons. The zero-order valence-electron chi connectivity index (χ0n) is 9.65. The van der Waals surface area contributed by atoms with E-state index in [-0.39, 0.29) is 12.1 Å². The van der Waals surface area contributed by atoms with Gasteiger partial charge in [0.1, 0.15) is 0 Å². The number of hydrogen-bond donors (Lipinski definition) is 1. The summed E-state index contributed by atoms with van der Waals surface area (Å²) < 4.78 is 0. The highest BCUT2D eigenvalue weighted by Crippen LogP contribution is 2.25. The largest absolute Gasteiger partial charge is 0.331 e. The van der Waals surface area contributed by atoms with Gasteiger partial charge in [-0.15, -0.1) is 11.3 Å². The first-order valence-electron chi connectivity index (χ1n) is 5.03. The summed E-state index contributed by atoms with van der Waals surface area (Å²) in [7, 11) is 3.50. The highest BCUT2D eigenvalue weighted by atomic mass is 32.1. The average Bonchev–Trinajstić information content (AvgIpc) is 2.65. The number of amides is 2. The SMILES string of the molecule is CC(C)C(NC(=O)N(C)C)c1cccs1. The molecule has 3 nitrogen and oxygen atoms in total. The zero-order valence-corrected chi connectivity index (χ0v) is 10.5. The van der Waals surface area contributed by atoms with E-state index in [1.807, 2.05) is 11.4 Å². The fourth-order valence-corrected chi connectivity index (χ4v) is 2.25. The van der Waals surface area contributed by atoms with Gasteiger partial charge in [0.25, 0.3) is 0 Å². The van der Waals surface area contributed by atoms with Crippen molar-refractivity contribution in [3.8, 4) is 0 Å². The average molecular weight is 226 g/mol. The first kappa shape index (κ1) is 12.0. The fraction of sp³-hybridized carbons (Fsp3) is 0.545. The van der Waals surface area contributed by atoms with Crippen LogP contribution < -0.4 is 5.32 Å². The smallest absolute Gasteiger partial charge is 0.317 e. The second-order valence-electron chi connectivity index (χ2n) is 4.08. The highest BCUT2D eigenvalue weighted by Gasteiger charge is 2.19. The molecule has 1 atom stereocenters. The molecule has 15 heavy (non-hydrogen) atoms. The lowest BCUT2D eigenvalue weighted by atomic mass is 10.0. The number of nitrogens with zero attached hydrogens (tertiary/aromatic N) is 1. The van der Waals surface area contributed by atoms with Crippen molar-refractivity contribution in [2.24, 2.45) is 5.92 Å². The van der Waals surface area contributed by atoms with Crippen LogP contribution in [0.25, 0.3) is 0 Å². The van der Waals surface area contributed by atoms with Gasteiger partial charge in [-0.25, -0.2) is 4.79 Å². The Balaban J connectivity index is 2.72. The molecule has 1 N–H and O–H groups in total. The molecule has 0 fully saturated rings. The number of nitrogens with one attached hydrogen (secondary N) is 1. The molecule has 0 aliphatic carbocycles. The predicted octanol–water partition coefficient (Wildman–Crippen LogP) is 2.72. The third kappa shape index (κ3) is 3.23. The van der Waals surface area contributed by atoms with E-state index in [0.29, 0.717) is 5.92 Å². The van der Waals surface area contributed by atoms with Gasteiger partial charge in [0, 0.05) is 19.0 Å². The number of carbonyl (C=O) groups is 1. The number of carbonyl (C=O) groups excluding carboxylic acids is 1. The molecule has 0 aliphatic rings. The molecule has 84 valence electrons. The van der Waals surface area contributed by atoms with Crippen molar-refractivity contribution in [2.75, 3.05) is 14.1 Å². The van der Waals surface area contributed by atoms with E-state index in [1.165, 1.54) is 4.88 Å². The lowest BCUT2D eigenvalue weighted by Gasteiger charge is -2.23.